The van der Waals surface area contributed by atoms with Gasteiger partial charge in [0.15, 0.2) is 6.10 Å². The maximum Gasteiger partial charge on any atom is 0.251 e. The maximum atomic E-state index is 14.5. The number of rotatable bonds is 13. The van der Waals surface area contributed by atoms with Crippen molar-refractivity contribution in [2.45, 2.75) is 147 Å². The molecule has 0 spiro atoms. The summed E-state index contributed by atoms with van der Waals surface area (Å²) in [5, 5.41) is 19.4. The molecule has 0 aromatic heterocycles. The molecule has 4 fully saturated rings. The van der Waals surface area contributed by atoms with Crippen molar-refractivity contribution in [2.75, 3.05) is 0 Å². The molecule has 241 valence electrons. The van der Waals surface area contributed by atoms with Gasteiger partial charge in [-0.15, -0.1) is 0 Å². The van der Waals surface area contributed by atoms with Gasteiger partial charge < -0.3 is 31.7 Å². The average molecular weight is 603 g/mol. The average Bonchev–Trinajstić information content (AvgIpc) is 3.71. The van der Waals surface area contributed by atoms with Crippen LogP contribution in [0.4, 0.5) is 0 Å². The van der Waals surface area contributed by atoms with Crippen molar-refractivity contribution in [3.8, 4) is 0 Å². The first kappa shape index (κ1) is 33.2. The molecule has 3 aliphatic carbocycles. The molecule has 1 saturated heterocycles. The van der Waals surface area contributed by atoms with Crippen LogP contribution in [0.2, 0.25) is 0 Å². The second-order valence-corrected chi connectivity index (χ2v) is 13.8. The zero-order chi connectivity index (χ0) is 31.3. The van der Waals surface area contributed by atoms with Gasteiger partial charge in [-0.3, -0.25) is 24.0 Å². The third-order valence-electron chi connectivity index (χ3n) is 10.1. The Labute approximate surface area is 255 Å². The first-order chi connectivity index (χ1) is 20.4. The lowest BCUT2D eigenvalue weighted by Crippen LogP contribution is -2.63. The second-order valence-electron chi connectivity index (χ2n) is 13.8. The second kappa shape index (κ2) is 14.4. The van der Waals surface area contributed by atoms with Crippen LogP contribution in [0.25, 0.3) is 0 Å². The van der Waals surface area contributed by atoms with Crippen LogP contribution in [0, 0.1) is 23.7 Å². The molecule has 6 N–H and O–H groups in total. The van der Waals surface area contributed by atoms with Gasteiger partial charge in [-0.2, -0.15) is 0 Å². The smallest absolute Gasteiger partial charge is 0.251 e. The van der Waals surface area contributed by atoms with Gasteiger partial charge in [0, 0.05) is 12.1 Å². The third kappa shape index (κ3) is 8.08. The first-order valence-corrected chi connectivity index (χ1v) is 16.5. The molecular formula is C32H52N5O6. The Hall–Kier alpha value is -2.69. The Morgan fingerprint density at radius 3 is 2.23 bits per heavy atom. The topological polar surface area (TPSA) is 171 Å². The van der Waals surface area contributed by atoms with E-state index < -0.39 is 59.2 Å². The van der Waals surface area contributed by atoms with E-state index in [0.29, 0.717) is 19.3 Å². The van der Waals surface area contributed by atoms with Gasteiger partial charge >= 0.3 is 0 Å². The number of aliphatic hydroxyl groups is 1. The Bertz CT molecular complexity index is 1040. The van der Waals surface area contributed by atoms with E-state index in [1.165, 1.54) is 0 Å². The summed E-state index contributed by atoms with van der Waals surface area (Å²) in [6.45, 7) is 5.01. The van der Waals surface area contributed by atoms with Gasteiger partial charge in [0.2, 0.25) is 23.6 Å². The fourth-order valence-electron chi connectivity index (χ4n) is 7.15. The van der Waals surface area contributed by atoms with Gasteiger partial charge in [-0.05, 0) is 77.0 Å². The molecule has 6 atom stereocenters. The zero-order valence-corrected chi connectivity index (χ0v) is 26.1. The Balaban J connectivity index is 1.56. The third-order valence-corrected chi connectivity index (χ3v) is 10.1. The van der Waals surface area contributed by atoms with E-state index in [2.05, 4.69) is 16.0 Å². The number of primary amides is 1. The fourth-order valence-corrected chi connectivity index (χ4v) is 7.15. The number of carbonyl (C=O) groups excluding carboxylic acids is 5. The number of hydrogen-bond acceptors (Lipinski definition) is 6. The summed E-state index contributed by atoms with van der Waals surface area (Å²) >= 11 is 0. The molecule has 4 aliphatic rings. The van der Waals surface area contributed by atoms with Crippen LogP contribution in [-0.4, -0.2) is 75.9 Å². The van der Waals surface area contributed by atoms with E-state index in [4.69, 9.17) is 5.73 Å². The van der Waals surface area contributed by atoms with Crippen molar-refractivity contribution in [2.24, 2.45) is 23.0 Å². The number of carbonyl (C=O) groups is 5. The number of nitrogens with zero attached hydrogens (tertiary/aromatic N) is 1. The van der Waals surface area contributed by atoms with Gasteiger partial charge in [0.05, 0.1) is 17.9 Å². The van der Waals surface area contributed by atoms with Crippen molar-refractivity contribution in [1.29, 1.82) is 0 Å². The molecule has 0 aromatic rings. The van der Waals surface area contributed by atoms with Crippen LogP contribution in [-0.2, 0) is 24.0 Å². The molecule has 4 rings (SSSR count). The fraction of sp³-hybridized carbons (Fsp3) is 0.812. The predicted octanol–water partition coefficient (Wildman–Crippen LogP) is 1.85. The molecule has 1 heterocycles. The normalized spacial score (nSPS) is 26.5. The zero-order valence-electron chi connectivity index (χ0n) is 26.1. The number of fused-ring (bicyclic) bond motifs is 1. The Kier molecular flexibility index (Phi) is 11.1. The van der Waals surface area contributed by atoms with E-state index >= 15 is 0 Å². The highest BCUT2D eigenvalue weighted by Crippen LogP contribution is 2.41. The minimum atomic E-state index is -1.41. The number of nitrogens with one attached hydrogen (secondary N) is 3. The van der Waals surface area contributed by atoms with Crippen molar-refractivity contribution < 1.29 is 29.1 Å². The van der Waals surface area contributed by atoms with Crippen molar-refractivity contribution in [1.82, 2.24) is 20.9 Å². The monoisotopic (exact) mass is 602 g/mol. The Morgan fingerprint density at radius 1 is 0.953 bits per heavy atom. The van der Waals surface area contributed by atoms with Gasteiger partial charge in [-0.25, -0.2) is 0 Å². The van der Waals surface area contributed by atoms with Crippen molar-refractivity contribution in [3.63, 3.8) is 0 Å². The lowest BCUT2D eigenvalue weighted by molar-refractivity contribution is -0.149. The molecule has 43 heavy (non-hydrogen) atoms. The maximum absolute atomic E-state index is 14.5. The largest absolute Gasteiger partial charge is 0.381 e. The number of amides is 5. The summed E-state index contributed by atoms with van der Waals surface area (Å²) in [4.78, 5) is 68.4. The summed E-state index contributed by atoms with van der Waals surface area (Å²) < 4.78 is 0. The van der Waals surface area contributed by atoms with Crippen LogP contribution < -0.4 is 21.7 Å². The molecule has 0 aromatic carbocycles. The minimum Gasteiger partial charge on any atom is -0.381 e. The SMILES string of the molecule is CCCC(NC(=O)C1CC2CCCCC2N1C(=O)C(NC(=O)[CH]C1CCCCC1)C(C)(C)C(N)=O)C(O)C(=O)NC1CC1. The van der Waals surface area contributed by atoms with E-state index in [0.717, 1.165) is 70.6 Å². The lowest BCUT2D eigenvalue weighted by atomic mass is 9.81. The Morgan fingerprint density at radius 2 is 1.60 bits per heavy atom. The van der Waals surface area contributed by atoms with Gasteiger partial charge in [0.1, 0.15) is 12.1 Å². The summed E-state index contributed by atoms with van der Waals surface area (Å²) in [5.41, 5.74) is 4.36. The highest BCUT2D eigenvalue weighted by atomic mass is 16.3. The number of hydrogen-bond donors (Lipinski definition) is 5. The van der Waals surface area contributed by atoms with Gasteiger partial charge in [0.25, 0.3) is 5.91 Å². The molecule has 11 heteroatoms. The summed E-state index contributed by atoms with van der Waals surface area (Å²) in [6.07, 6.45) is 12.0. The van der Waals surface area contributed by atoms with E-state index in [1.54, 1.807) is 25.2 Å². The van der Waals surface area contributed by atoms with E-state index in [-0.39, 0.29) is 23.9 Å². The van der Waals surface area contributed by atoms with Crippen LogP contribution >= 0.6 is 0 Å². The number of likely N-dealkylation sites (tertiary alicyclic amines) is 1. The molecule has 5 amide bonds. The number of nitrogens with two attached hydrogens (primary N) is 1. The molecular weight excluding hydrogens is 550 g/mol. The van der Waals surface area contributed by atoms with Crippen LogP contribution in [0.15, 0.2) is 0 Å². The van der Waals surface area contributed by atoms with E-state index in [1.807, 2.05) is 6.92 Å². The van der Waals surface area contributed by atoms with E-state index in [9.17, 15) is 29.1 Å². The van der Waals surface area contributed by atoms with Crippen molar-refractivity contribution >= 4 is 29.5 Å². The molecule has 0 bridgehead atoms. The highest BCUT2D eigenvalue weighted by molar-refractivity contribution is 5.99. The summed E-state index contributed by atoms with van der Waals surface area (Å²) in [7, 11) is 0. The van der Waals surface area contributed by atoms with Crippen LogP contribution in [0.3, 0.4) is 0 Å². The quantitative estimate of drug-likeness (QED) is 0.215. The predicted molar refractivity (Wildman–Crippen MR) is 161 cm³/mol. The molecule has 6 unspecified atom stereocenters. The van der Waals surface area contributed by atoms with Gasteiger partial charge in [-0.1, -0.05) is 45.4 Å². The minimum absolute atomic E-state index is 0.0716. The number of aliphatic hydroxyl groups excluding tert-OH is 1. The van der Waals surface area contributed by atoms with Crippen molar-refractivity contribution in [3.05, 3.63) is 6.42 Å². The molecule has 1 aliphatic heterocycles. The van der Waals surface area contributed by atoms with Crippen LogP contribution in [0.5, 0.6) is 0 Å². The standard InChI is InChI=1S/C32H52N5O6/c1-4-10-22(26(39)29(41)34-21-15-16-21)35-28(40)24-18-20-13-8-9-14-23(20)37(24)30(42)27(32(2,3)31(33)43)36-25(38)17-19-11-6-5-7-12-19/h17,19-24,26-27,39H,4-16,18H2,1-3H3,(H2,33,43)(H,34,41)(H,35,40)(H,36,38). The molecule has 1 radical (unpaired) electrons. The summed E-state index contributed by atoms with van der Waals surface area (Å²) in [5.74, 6) is -2.35. The first-order valence-electron chi connectivity index (χ1n) is 16.5. The van der Waals surface area contributed by atoms with Crippen LogP contribution in [0.1, 0.15) is 111 Å². The summed E-state index contributed by atoms with van der Waals surface area (Å²) in [6, 6.07) is -3.06. The highest BCUT2D eigenvalue weighted by Gasteiger charge is 2.52. The molecule has 11 nitrogen and oxygen atoms in total. The lowest BCUT2D eigenvalue weighted by Gasteiger charge is -2.40. The molecule has 3 saturated carbocycles.